The van der Waals surface area contributed by atoms with Crippen molar-refractivity contribution in [3.05, 3.63) is 93.4 Å². The third-order valence-corrected chi connectivity index (χ3v) is 8.38. The molecule has 0 radical (unpaired) electrons. The van der Waals surface area contributed by atoms with Crippen molar-refractivity contribution in [2.45, 2.75) is 51.2 Å². The highest BCUT2D eigenvalue weighted by atomic mass is 79.9. The topological polar surface area (TPSA) is 86.8 Å². The highest BCUT2D eigenvalue weighted by Crippen LogP contribution is 2.26. The van der Waals surface area contributed by atoms with Crippen molar-refractivity contribution in [2.24, 2.45) is 0 Å². The summed E-state index contributed by atoms with van der Waals surface area (Å²) in [5.41, 5.74) is 1.98. The summed E-state index contributed by atoms with van der Waals surface area (Å²) in [6, 6.07) is 19.1. The van der Waals surface area contributed by atoms with Gasteiger partial charge in [-0.1, -0.05) is 57.4 Å². The van der Waals surface area contributed by atoms with E-state index < -0.39 is 28.5 Å². The van der Waals surface area contributed by atoms with Crippen LogP contribution in [0.5, 0.6) is 0 Å². The molecule has 10 heteroatoms. The molecule has 1 atom stereocenters. The molecule has 2 amide bonds. The Hall–Kier alpha value is -2.88. The van der Waals surface area contributed by atoms with Crippen LogP contribution in [-0.4, -0.2) is 43.8 Å². The van der Waals surface area contributed by atoms with E-state index in [2.05, 4.69) is 21.2 Å². The highest BCUT2D eigenvalue weighted by Gasteiger charge is 2.32. The summed E-state index contributed by atoms with van der Waals surface area (Å²) in [6.45, 7) is 6.77. The molecule has 0 saturated heterocycles. The fourth-order valence-electron chi connectivity index (χ4n) is 3.79. The van der Waals surface area contributed by atoms with E-state index in [-0.39, 0.29) is 29.1 Å². The molecule has 3 aromatic rings. The largest absolute Gasteiger partial charge is 0.352 e. The molecule has 0 aliphatic carbocycles. The molecule has 0 saturated carbocycles. The SMILES string of the molecule is Cc1ccc(S(=O)(=O)N(CC(=O)N(Cc2cccc(Br)c2)[C@@H](C)C(=O)NC(C)C)c2ccc(Cl)cc2)cc1. The molecule has 0 unspecified atom stereocenters. The number of rotatable bonds is 10. The first-order valence-corrected chi connectivity index (χ1v) is 14.7. The van der Waals surface area contributed by atoms with E-state index in [9.17, 15) is 18.0 Å². The molecule has 0 bridgehead atoms. The molecule has 0 heterocycles. The molecule has 0 aromatic heterocycles. The summed E-state index contributed by atoms with van der Waals surface area (Å²) in [4.78, 5) is 28.2. The Labute approximate surface area is 238 Å². The van der Waals surface area contributed by atoms with Crippen molar-refractivity contribution in [3.63, 3.8) is 0 Å². The first-order chi connectivity index (χ1) is 17.9. The molecule has 0 aliphatic heterocycles. The Bertz CT molecular complexity index is 1380. The standard InChI is InChI=1S/C28H31BrClN3O4S/c1-19(2)31-28(35)21(4)32(17-22-6-5-7-23(29)16-22)27(34)18-33(25-12-10-24(30)11-13-25)38(36,37)26-14-8-20(3)9-15-26/h5-16,19,21H,17-18H2,1-4H3,(H,31,35)/t21-/m0/s1. The van der Waals surface area contributed by atoms with E-state index >= 15 is 0 Å². The monoisotopic (exact) mass is 619 g/mol. The van der Waals surface area contributed by atoms with E-state index in [4.69, 9.17) is 11.6 Å². The third kappa shape index (κ3) is 7.58. The van der Waals surface area contributed by atoms with E-state index in [1.807, 2.05) is 45.0 Å². The number of anilines is 1. The zero-order valence-electron chi connectivity index (χ0n) is 21.7. The molecule has 0 fully saturated rings. The Kier molecular flexibility index (Phi) is 9.98. The van der Waals surface area contributed by atoms with Crippen LogP contribution in [0, 0.1) is 6.92 Å². The number of hydrogen-bond acceptors (Lipinski definition) is 4. The smallest absolute Gasteiger partial charge is 0.264 e. The molecule has 3 aromatic carbocycles. The quantitative estimate of drug-likeness (QED) is 0.322. The van der Waals surface area contributed by atoms with Gasteiger partial charge < -0.3 is 10.2 Å². The number of nitrogens with one attached hydrogen (secondary N) is 1. The average Bonchev–Trinajstić information content (AvgIpc) is 2.86. The Morgan fingerprint density at radius 2 is 1.61 bits per heavy atom. The second-order valence-electron chi connectivity index (χ2n) is 9.29. The number of hydrogen-bond donors (Lipinski definition) is 1. The van der Waals surface area contributed by atoms with Crippen molar-refractivity contribution in [3.8, 4) is 0 Å². The zero-order chi connectivity index (χ0) is 28.0. The van der Waals surface area contributed by atoms with Crippen LogP contribution in [0.25, 0.3) is 0 Å². The van der Waals surface area contributed by atoms with Crippen molar-refractivity contribution in [2.75, 3.05) is 10.8 Å². The first-order valence-electron chi connectivity index (χ1n) is 12.1. The molecule has 0 spiro atoms. The van der Waals surface area contributed by atoms with Crippen molar-refractivity contribution in [1.82, 2.24) is 10.2 Å². The summed E-state index contributed by atoms with van der Waals surface area (Å²) in [5, 5.41) is 3.27. The van der Waals surface area contributed by atoms with Gasteiger partial charge in [0.05, 0.1) is 10.6 Å². The lowest BCUT2D eigenvalue weighted by atomic mass is 10.1. The van der Waals surface area contributed by atoms with E-state index in [0.29, 0.717) is 5.02 Å². The van der Waals surface area contributed by atoms with Gasteiger partial charge in [0, 0.05) is 22.1 Å². The average molecular weight is 621 g/mol. The minimum Gasteiger partial charge on any atom is -0.352 e. The molecule has 3 rings (SSSR count). The summed E-state index contributed by atoms with van der Waals surface area (Å²) < 4.78 is 29.4. The van der Waals surface area contributed by atoms with E-state index in [1.165, 1.54) is 17.0 Å². The predicted octanol–water partition coefficient (Wildman–Crippen LogP) is 5.55. The minimum absolute atomic E-state index is 0.0509. The summed E-state index contributed by atoms with van der Waals surface area (Å²) >= 11 is 9.49. The maximum atomic E-state index is 13.8. The molecule has 1 N–H and O–H groups in total. The highest BCUT2D eigenvalue weighted by molar-refractivity contribution is 9.10. The van der Waals surface area contributed by atoms with Crippen LogP contribution in [0.2, 0.25) is 5.02 Å². The van der Waals surface area contributed by atoms with Gasteiger partial charge >= 0.3 is 0 Å². The Morgan fingerprint density at radius 1 is 0.974 bits per heavy atom. The molecular formula is C28H31BrClN3O4S. The fourth-order valence-corrected chi connectivity index (χ4v) is 5.78. The number of benzene rings is 3. The Morgan fingerprint density at radius 3 is 2.18 bits per heavy atom. The normalized spacial score (nSPS) is 12.2. The predicted molar refractivity (Wildman–Crippen MR) is 155 cm³/mol. The van der Waals surface area contributed by atoms with Crippen LogP contribution in [0.1, 0.15) is 31.9 Å². The van der Waals surface area contributed by atoms with Crippen LogP contribution in [0.3, 0.4) is 0 Å². The second kappa shape index (κ2) is 12.8. The van der Waals surface area contributed by atoms with Crippen LogP contribution >= 0.6 is 27.5 Å². The van der Waals surface area contributed by atoms with Gasteiger partial charge in [-0.3, -0.25) is 13.9 Å². The molecule has 7 nitrogen and oxygen atoms in total. The lowest BCUT2D eigenvalue weighted by molar-refractivity contribution is -0.139. The first kappa shape index (κ1) is 29.7. The summed E-state index contributed by atoms with van der Waals surface area (Å²) in [5.74, 6) is -0.857. The molecule has 38 heavy (non-hydrogen) atoms. The van der Waals surface area contributed by atoms with Crippen LogP contribution < -0.4 is 9.62 Å². The van der Waals surface area contributed by atoms with Gasteiger partial charge in [-0.05, 0) is 81.8 Å². The number of aryl methyl sites for hydroxylation is 1. The molecule has 0 aliphatic rings. The second-order valence-corrected chi connectivity index (χ2v) is 12.5. The lowest BCUT2D eigenvalue weighted by Gasteiger charge is -2.32. The van der Waals surface area contributed by atoms with Crippen molar-refractivity contribution >= 4 is 55.1 Å². The van der Waals surface area contributed by atoms with Gasteiger partial charge in [0.1, 0.15) is 12.6 Å². The Balaban J connectivity index is 2.02. The third-order valence-electron chi connectivity index (χ3n) is 5.84. The van der Waals surface area contributed by atoms with E-state index in [0.717, 1.165) is 19.9 Å². The number of nitrogens with zero attached hydrogens (tertiary/aromatic N) is 2. The number of halogens is 2. The van der Waals surface area contributed by atoms with Crippen molar-refractivity contribution in [1.29, 1.82) is 0 Å². The van der Waals surface area contributed by atoms with Gasteiger partial charge in [0.15, 0.2) is 0 Å². The van der Waals surface area contributed by atoms with Gasteiger partial charge in [-0.15, -0.1) is 0 Å². The van der Waals surface area contributed by atoms with Gasteiger partial charge in [0.25, 0.3) is 10.0 Å². The van der Waals surface area contributed by atoms with Crippen molar-refractivity contribution < 1.29 is 18.0 Å². The lowest BCUT2D eigenvalue weighted by Crippen LogP contribution is -2.52. The molecule has 202 valence electrons. The summed E-state index contributed by atoms with van der Waals surface area (Å²) in [7, 11) is -4.12. The fraction of sp³-hybridized carbons (Fsp3) is 0.286. The van der Waals surface area contributed by atoms with Crippen LogP contribution in [0.4, 0.5) is 5.69 Å². The number of carbonyl (C=O) groups is 2. The van der Waals surface area contributed by atoms with Crippen LogP contribution in [0.15, 0.2) is 82.2 Å². The number of carbonyl (C=O) groups excluding carboxylic acids is 2. The van der Waals surface area contributed by atoms with Gasteiger partial charge in [-0.25, -0.2) is 8.42 Å². The van der Waals surface area contributed by atoms with Gasteiger partial charge in [0.2, 0.25) is 11.8 Å². The number of amides is 2. The number of sulfonamides is 1. The molecular weight excluding hydrogens is 590 g/mol. The van der Waals surface area contributed by atoms with Gasteiger partial charge in [-0.2, -0.15) is 0 Å². The van der Waals surface area contributed by atoms with E-state index in [1.54, 1.807) is 43.3 Å². The maximum Gasteiger partial charge on any atom is 0.264 e. The zero-order valence-corrected chi connectivity index (χ0v) is 24.8. The minimum atomic E-state index is -4.12. The summed E-state index contributed by atoms with van der Waals surface area (Å²) in [6.07, 6.45) is 0. The van der Waals surface area contributed by atoms with Crippen LogP contribution in [-0.2, 0) is 26.2 Å². The maximum absolute atomic E-state index is 13.8.